The van der Waals surface area contributed by atoms with E-state index in [0.717, 1.165) is 77.4 Å². The first-order chi connectivity index (χ1) is 23.5. The van der Waals surface area contributed by atoms with Gasteiger partial charge in [0.05, 0.1) is 30.8 Å². The molecule has 0 bridgehead atoms. The van der Waals surface area contributed by atoms with Crippen molar-refractivity contribution < 1.29 is 14.3 Å². The van der Waals surface area contributed by atoms with Crippen molar-refractivity contribution in [1.82, 2.24) is 19.8 Å². The lowest BCUT2D eigenvalue weighted by molar-refractivity contribution is -0.128. The minimum Gasteiger partial charge on any atom is -0.462 e. The molecule has 3 aromatic carbocycles. The highest BCUT2D eigenvalue weighted by molar-refractivity contribution is 5.96. The minimum absolute atomic E-state index is 0.148. The lowest BCUT2D eigenvalue weighted by Crippen LogP contribution is -2.55. The minimum atomic E-state index is -0.254. The number of anilines is 2. The summed E-state index contributed by atoms with van der Waals surface area (Å²) in [6, 6.07) is 25.2. The van der Waals surface area contributed by atoms with Crippen LogP contribution in [0.4, 0.5) is 11.5 Å². The molecule has 0 N–H and O–H groups in total. The molecule has 10 nitrogen and oxygen atoms in total. The largest absolute Gasteiger partial charge is 0.462 e. The van der Waals surface area contributed by atoms with Gasteiger partial charge in [0.2, 0.25) is 5.91 Å². The summed E-state index contributed by atoms with van der Waals surface area (Å²) < 4.78 is 12.7. The lowest BCUT2D eigenvalue weighted by Gasteiger charge is -2.42. The molecule has 48 heavy (non-hydrogen) atoms. The van der Waals surface area contributed by atoms with E-state index in [2.05, 4.69) is 70.8 Å². The number of hydrogen-bond donors (Lipinski definition) is 0. The van der Waals surface area contributed by atoms with Crippen LogP contribution in [0.1, 0.15) is 30.5 Å². The summed E-state index contributed by atoms with van der Waals surface area (Å²) in [6.45, 7) is 8.22. The van der Waals surface area contributed by atoms with Gasteiger partial charge in [-0.1, -0.05) is 49.0 Å². The molecule has 0 saturated carbocycles. The normalized spacial score (nSPS) is 19.5. The standard InChI is InChI=1S/C38H41N7O3/c1-3-36(46)45-21-20-44(24-28(45)15-17-39)37-33-16-19-43(25-34(33)40-38(41-37)47-26-29-11-9-18-42(29)2)35-23-31(48-30-12-5-4-6-13-30)22-27-10-7-8-14-32(27)35/h3-8,10,12-14,22-23,28-29H,1,9,11,15-16,18-21,24-26H2,2H3. The number of nitrogens with zero attached hydrogens (tertiary/aromatic N) is 7. The van der Waals surface area contributed by atoms with Crippen molar-refractivity contribution in [2.24, 2.45) is 0 Å². The van der Waals surface area contributed by atoms with E-state index < -0.39 is 0 Å². The number of rotatable bonds is 9. The van der Waals surface area contributed by atoms with E-state index in [1.807, 2.05) is 30.3 Å². The molecule has 246 valence electrons. The molecule has 1 amide bonds. The number of ether oxygens (including phenoxy) is 2. The fourth-order valence-corrected chi connectivity index (χ4v) is 7.22. The fraction of sp³-hybridized carbons (Fsp3) is 0.368. The van der Waals surface area contributed by atoms with Gasteiger partial charge in [0.15, 0.2) is 0 Å². The third-order valence-electron chi connectivity index (χ3n) is 9.80. The lowest BCUT2D eigenvalue weighted by atomic mass is 10.0. The van der Waals surface area contributed by atoms with Crippen LogP contribution in [0.3, 0.4) is 0 Å². The van der Waals surface area contributed by atoms with Gasteiger partial charge in [-0.3, -0.25) is 4.79 Å². The molecule has 0 radical (unpaired) electrons. The molecule has 0 spiro atoms. The van der Waals surface area contributed by atoms with Crippen molar-refractivity contribution in [1.29, 1.82) is 5.26 Å². The molecular formula is C38H41N7O3. The molecule has 4 heterocycles. The van der Waals surface area contributed by atoms with Gasteiger partial charge >= 0.3 is 6.01 Å². The summed E-state index contributed by atoms with van der Waals surface area (Å²) in [7, 11) is 2.14. The van der Waals surface area contributed by atoms with Gasteiger partial charge in [-0.2, -0.15) is 15.2 Å². The monoisotopic (exact) mass is 643 g/mol. The zero-order valence-electron chi connectivity index (χ0n) is 27.4. The first-order valence-electron chi connectivity index (χ1n) is 16.8. The van der Waals surface area contributed by atoms with Gasteiger partial charge in [0.1, 0.15) is 23.9 Å². The molecule has 7 rings (SSSR count). The highest BCUT2D eigenvalue weighted by Crippen LogP contribution is 2.38. The molecular weight excluding hydrogens is 602 g/mol. The van der Waals surface area contributed by atoms with Gasteiger partial charge in [-0.05, 0) is 62.5 Å². The maximum Gasteiger partial charge on any atom is 0.318 e. The van der Waals surface area contributed by atoms with Crippen LogP contribution in [0.25, 0.3) is 10.8 Å². The second-order valence-corrected chi connectivity index (χ2v) is 12.8. The zero-order chi connectivity index (χ0) is 33.0. The number of hydrogen-bond acceptors (Lipinski definition) is 9. The maximum atomic E-state index is 12.6. The topological polar surface area (TPSA) is 98.1 Å². The number of carbonyl (C=O) groups excluding carboxylic acids is 1. The summed E-state index contributed by atoms with van der Waals surface area (Å²) in [4.78, 5) is 31.3. The van der Waals surface area contributed by atoms with E-state index in [0.29, 0.717) is 44.8 Å². The summed E-state index contributed by atoms with van der Waals surface area (Å²) in [6.07, 6.45) is 4.55. The van der Waals surface area contributed by atoms with Crippen LogP contribution in [0.2, 0.25) is 0 Å². The van der Waals surface area contributed by atoms with E-state index in [1.54, 1.807) is 4.90 Å². The predicted molar refractivity (Wildman–Crippen MR) is 187 cm³/mol. The molecule has 2 unspecified atom stereocenters. The van der Waals surface area contributed by atoms with Gasteiger partial charge in [0, 0.05) is 54.9 Å². The Kier molecular flexibility index (Phi) is 9.12. The van der Waals surface area contributed by atoms with E-state index in [-0.39, 0.29) is 18.4 Å². The molecule has 4 aromatic rings. The van der Waals surface area contributed by atoms with Crippen molar-refractivity contribution in [2.45, 2.75) is 44.3 Å². The Morgan fingerprint density at radius 3 is 2.62 bits per heavy atom. The van der Waals surface area contributed by atoms with Gasteiger partial charge in [-0.25, -0.2) is 0 Å². The Morgan fingerprint density at radius 1 is 1.00 bits per heavy atom. The van der Waals surface area contributed by atoms with Gasteiger partial charge in [-0.15, -0.1) is 0 Å². The number of amides is 1. The van der Waals surface area contributed by atoms with Crippen LogP contribution in [0.15, 0.2) is 79.4 Å². The Hall–Kier alpha value is -5.14. The molecule has 2 fully saturated rings. The molecule has 0 aliphatic carbocycles. The van der Waals surface area contributed by atoms with E-state index in [1.165, 1.54) is 6.08 Å². The Balaban J connectivity index is 1.23. The summed E-state index contributed by atoms with van der Waals surface area (Å²) in [5.41, 5.74) is 3.11. The van der Waals surface area contributed by atoms with Crippen molar-refractivity contribution in [2.75, 3.05) is 56.2 Å². The Morgan fingerprint density at radius 2 is 1.83 bits per heavy atom. The Bertz CT molecular complexity index is 1840. The fourth-order valence-electron chi connectivity index (χ4n) is 7.22. The molecule has 2 saturated heterocycles. The number of para-hydroxylation sites is 1. The number of piperazine rings is 1. The summed E-state index contributed by atoms with van der Waals surface area (Å²) in [5.74, 6) is 2.27. The number of fused-ring (bicyclic) bond motifs is 2. The number of likely N-dealkylation sites (tertiary alicyclic amines) is 1. The van der Waals surface area contributed by atoms with Crippen molar-refractivity contribution >= 4 is 28.2 Å². The third-order valence-corrected chi connectivity index (χ3v) is 9.80. The highest BCUT2D eigenvalue weighted by atomic mass is 16.5. The van der Waals surface area contributed by atoms with E-state index >= 15 is 0 Å². The van der Waals surface area contributed by atoms with Crippen molar-refractivity contribution in [3.63, 3.8) is 0 Å². The second kappa shape index (κ2) is 13.9. The molecule has 10 heteroatoms. The van der Waals surface area contributed by atoms with Gasteiger partial charge < -0.3 is 29.1 Å². The second-order valence-electron chi connectivity index (χ2n) is 12.8. The van der Waals surface area contributed by atoms with E-state index in [9.17, 15) is 10.1 Å². The van der Waals surface area contributed by atoms with Crippen LogP contribution in [0.5, 0.6) is 17.5 Å². The summed E-state index contributed by atoms with van der Waals surface area (Å²) >= 11 is 0. The first-order valence-corrected chi connectivity index (χ1v) is 16.8. The average molecular weight is 644 g/mol. The van der Waals surface area contributed by atoms with Crippen molar-refractivity contribution in [3.8, 4) is 23.6 Å². The predicted octanol–water partition coefficient (Wildman–Crippen LogP) is 5.57. The molecule has 2 atom stereocenters. The number of aromatic nitrogens is 2. The average Bonchev–Trinajstić information content (AvgIpc) is 3.54. The zero-order valence-corrected chi connectivity index (χ0v) is 27.4. The van der Waals surface area contributed by atoms with Gasteiger partial charge in [0.25, 0.3) is 0 Å². The SMILES string of the molecule is C=CC(=O)N1CCN(c2nc(OCC3CCCN3C)nc3c2CCN(c2cc(Oc4ccccc4)cc4ccccc24)C3)CC1CC#N. The molecule has 3 aliphatic heterocycles. The van der Waals surface area contributed by atoms with Crippen molar-refractivity contribution in [3.05, 3.63) is 90.6 Å². The summed E-state index contributed by atoms with van der Waals surface area (Å²) in [5, 5.41) is 11.9. The molecule has 3 aliphatic rings. The highest BCUT2D eigenvalue weighted by Gasteiger charge is 2.34. The van der Waals surface area contributed by atoms with Crippen LogP contribution in [-0.4, -0.2) is 84.1 Å². The van der Waals surface area contributed by atoms with Crippen LogP contribution >= 0.6 is 0 Å². The smallest absolute Gasteiger partial charge is 0.318 e. The van der Waals surface area contributed by atoms with Crippen LogP contribution in [-0.2, 0) is 17.8 Å². The number of nitriles is 1. The first kappa shape index (κ1) is 31.5. The quantitative estimate of drug-likeness (QED) is 0.217. The Labute approximate surface area is 281 Å². The molecule has 1 aromatic heterocycles. The van der Waals surface area contributed by atoms with Crippen LogP contribution in [0, 0.1) is 11.3 Å². The number of carbonyl (C=O) groups is 1. The van der Waals surface area contributed by atoms with E-state index in [4.69, 9.17) is 19.4 Å². The third kappa shape index (κ3) is 6.51. The maximum absolute atomic E-state index is 12.6. The van der Waals surface area contributed by atoms with Crippen LogP contribution < -0.4 is 19.3 Å². The number of benzene rings is 3. The number of likely N-dealkylation sites (N-methyl/N-ethyl adjacent to an activating group) is 1.